The predicted octanol–water partition coefficient (Wildman–Crippen LogP) is 3.31. The lowest BCUT2D eigenvalue weighted by atomic mass is 10.1. The zero-order valence-electron chi connectivity index (χ0n) is 10.6. The Bertz CT molecular complexity index is 629. The first-order valence-electron chi connectivity index (χ1n) is 6.36. The zero-order chi connectivity index (χ0) is 14.1. The third-order valence-corrected chi connectivity index (χ3v) is 3.89. The topological polar surface area (TPSA) is 75.1 Å². The van der Waals surface area contributed by atoms with Crippen LogP contribution in [0.15, 0.2) is 30.5 Å². The molecule has 7 heteroatoms. The Hall–Kier alpha value is -2.08. The summed E-state index contributed by atoms with van der Waals surface area (Å²) >= 11 is 6.21. The first-order valence-corrected chi connectivity index (χ1v) is 6.74. The Labute approximate surface area is 120 Å². The fraction of sp³-hybridized carbons (Fsp3) is 0.308. The van der Waals surface area contributed by atoms with Crippen molar-refractivity contribution in [1.29, 1.82) is 0 Å². The van der Waals surface area contributed by atoms with Crippen LogP contribution in [0.2, 0.25) is 5.02 Å². The number of hydrogen-bond acceptors (Lipinski definition) is 4. The molecule has 0 spiro atoms. The molecule has 0 radical (unpaired) electrons. The molecule has 2 aromatic rings. The summed E-state index contributed by atoms with van der Waals surface area (Å²) in [6.45, 7) is 0.876. The Morgan fingerprint density at radius 3 is 2.95 bits per heavy atom. The highest BCUT2D eigenvalue weighted by Gasteiger charge is 2.29. The van der Waals surface area contributed by atoms with Gasteiger partial charge in [0.05, 0.1) is 27.4 Å². The summed E-state index contributed by atoms with van der Waals surface area (Å²) in [5.41, 5.74) is 1.88. The summed E-state index contributed by atoms with van der Waals surface area (Å²) < 4.78 is 0. The molecule has 1 saturated heterocycles. The Morgan fingerprint density at radius 1 is 1.45 bits per heavy atom. The van der Waals surface area contributed by atoms with Gasteiger partial charge in [0, 0.05) is 24.9 Å². The van der Waals surface area contributed by atoms with Crippen molar-refractivity contribution in [2.45, 2.75) is 18.9 Å². The fourth-order valence-corrected chi connectivity index (χ4v) is 2.96. The first kappa shape index (κ1) is 12.9. The van der Waals surface area contributed by atoms with Crippen LogP contribution in [0.25, 0.3) is 0 Å². The van der Waals surface area contributed by atoms with E-state index < -0.39 is 4.92 Å². The summed E-state index contributed by atoms with van der Waals surface area (Å²) in [7, 11) is 0. The van der Waals surface area contributed by atoms with Gasteiger partial charge in [0.25, 0.3) is 5.69 Å². The number of nitrogens with one attached hydrogen (secondary N) is 1. The fourth-order valence-electron chi connectivity index (χ4n) is 2.67. The lowest BCUT2D eigenvalue weighted by Gasteiger charge is -2.26. The largest absolute Gasteiger partial charge is 0.362 e. The van der Waals surface area contributed by atoms with E-state index in [0.29, 0.717) is 5.02 Å². The van der Waals surface area contributed by atoms with Gasteiger partial charge in [0.1, 0.15) is 0 Å². The number of halogens is 1. The van der Waals surface area contributed by atoms with E-state index in [2.05, 4.69) is 15.1 Å². The van der Waals surface area contributed by atoms with E-state index in [1.807, 2.05) is 6.07 Å². The van der Waals surface area contributed by atoms with Crippen molar-refractivity contribution in [3.63, 3.8) is 0 Å². The van der Waals surface area contributed by atoms with Crippen LogP contribution in [0.5, 0.6) is 0 Å². The maximum atomic E-state index is 10.8. The number of H-pyrrole nitrogens is 1. The minimum Gasteiger partial charge on any atom is -0.362 e. The number of rotatable bonds is 3. The molecule has 1 aliphatic rings. The van der Waals surface area contributed by atoms with Gasteiger partial charge >= 0.3 is 0 Å². The molecule has 2 heterocycles. The van der Waals surface area contributed by atoms with E-state index in [-0.39, 0.29) is 11.7 Å². The zero-order valence-corrected chi connectivity index (χ0v) is 11.4. The Balaban J connectivity index is 1.94. The number of nitro benzene ring substituents is 1. The van der Waals surface area contributed by atoms with Gasteiger partial charge in [-0.2, -0.15) is 5.10 Å². The Morgan fingerprint density at radius 2 is 2.30 bits per heavy atom. The summed E-state index contributed by atoms with van der Waals surface area (Å²) in [5.74, 6) is 0. The van der Waals surface area contributed by atoms with Crippen LogP contribution in [-0.4, -0.2) is 21.7 Å². The molecule has 0 unspecified atom stereocenters. The van der Waals surface area contributed by atoms with Crippen molar-refractivity contribution in [2.24, 2.45) is 0 Å². The maximum absolute atomic E-state index is 10.8. The van der Waals surface area contributed by atoms with Gasteiger partial charge in [0.15, 0.2) is 0 Å². The minimum absolute atomic E-state index is 0.0102. The van der Waals surface area contributed by atoms with E-state index in [1.54, 1.807) is 12.3 Å². The van der Waals surface area contributed by atoms with Gasteiger partial charge in [-0.3, -0.25) is 15.2 Å². The molecule has 3 rings (SSSR count). The maximum Gasteiger partial charge on any atom is 0.271 e. The second-order valence-corrected chi connectivity index (χ2v) is 5.16. The smallest absolute Gasteiger partial charge is 0.271 e. The Kier molecular flexibility index (Phi) is 3.31. The lowest BCUT2D eigenvalue weighted by Crippen LogP contribution is -2.23. The van der Waals surface area contributed by atoms with Gasteiger partial charge in [0.2, 0.25) is 0 Å². The summed E-state index contributed by atoms with van der Waals surface area (Å²) in [6, 6.07) is 6.75. The quantitative estimate of drug-likeness (QED) is 0.695. The van der Waals surface area contributed by atoms with E-state index in [9.17, 15) is 10.1 Å². The van der Waals surface area contributed by atoms with Crippen LogP contribution in [0.4, 0.5) is 11.4 Å². The van der Waals surface area contributed by atoms with Gasteiger partial charge in [-0.15, -0.1) is 0 Å². The van der Waals surface area contributed by atoms with Crippen LogP contribution in [0.3, 0.4) is 0 Å². The standard InChI is InChI=1S/C13H13ClN4O2/c14-10-8-9(18(19)20)3-4-12(10)17-7-1-2-13(17)11-5-6-15-16-11/h3-6,8,13H,1-2,7H2,(H,15,16)/t13-/m1/s1. The molecular weight excluding hydrogens is 280 g/mol. The van der Waals surface area contributed by atoms with Gasteiger partial charge < -0.3 is 4.90 Å². The van der Waals surface area contributed by atoms with E-state index >= 15 is 0 Å². The minimum atomic E-state index is -0.438. The molecule has 0 saturated carbocycles. The normalized spacial score (nSPS) is 18.4. The number of non-ortho nitro benzene ring substituents is 1. The monoisotopic (exact) mass is 292 g/mol. The number of hydrogen-bond donors (Lipinski definition) is 1. The molecule has 1 aromatic carbocycles. The number of nitro groups is 1. The van der Waals surface area contributed by atoms with Crippen LogP contribution >= 0.6 is 11.6 Å². The van der Waals surface area contributed by atoms with Crippen molar-refractivity contribution in [2.75, 3.05) is 11.4 Å². The lowest BCUT2D eigenvalue weighted by molar-refractivity contribution is -0.384. The van der Waals surface area contributed by atoms with Crippen LogP contribution in [0.1, 0.15) is 24.6 Å². The average Bonchev–Trinajstić information content (AvgIpc) is 3.09. The summed E-state index contributed by atoms with van der Waals surface area (Å²) in [5, 5.41) is 18.1. The number of anilines is 1. The average molecular weight is 293 g/mol. The third kappa shape index (κ3) is 2.22. The van der Waals surface area contributed by atoms with Crippen LogP contribution in [0, 0.1) is 10.1 Å². The molecule has 104 valence electrons. The molecule has 20 heavy (non-hydrogen) atoms. The van der Waals surface area contributed by atoms with Crippen LogP contribution in [-0.2, 0) is 0 Å². The van der Waals surface area contributed by atoms with Crippen molar-refractivity contribution in [3.8, 4) is 0 Å². The molecular formula is C13H13ClN4O2. The highest BCUT2D eigenvalue weighted by Crippen LogP contribution is 2.39. The van der Waals surface area contributed by atoms with E-state index in [0.717, 1.165) is 30.8 Å². The molecule has 1 N–H and O–H groups in total. The van der Waals surface area contributed by atoms with Gasteiger partial charge in [-0.25, -0.2) is 0 Å². The predicted molar refractivity (Wildman–Crippen MR) is 76.0 cm³/mol. The molecule has 1 aromatic heterocycles. The molecule has 1 fully saturated rings. The van der Waals surface area contributed by atoms with Crippen molar-refractivity contribution in [1.82, 2.24) is 10.2 Å². The molecule has 6 nitrogen and oxygen atoms in total. The molecule has 1 atom stereocenters. The molecule has 1 aliphatic heterocycles. The number of aromatic nitrogens is 2. The van der Waals surface area contributed by atoms with Crippen molar-refractivity contribution < 1.29 is 4.92 Å². The van der Waals surface area contributed by atoms with Crippen molar-refractivity contribution >= 4 is 23.0 Å². The summed E-state index contributed by atoms with van der Waals surface area (Å²) in [4.78, 5) is 12.5. The highest BCUT2D eigenvalue weighted by molar-refractivity contribution is 6.33. The van der Waals surface area contributed by atoms with Gasteiger partial charge in [-0.1, -0.05) is 11.6 Å². The highest BCUT2D eigenvalue weighted by atomic mass is 35.5. The molecule has 0 bridgehead atoms. The summed E-state index contributed by atoms with van der Waals surface area (Å²) in [6.07, 6.45) is 3.79. The second-order valence-electron chi connectivity index (χ2n) is 4.76. The number of benzene rings is 1. The van der Waals surface area contributed by atoms with Gasteiger partial charge in [-0.05, 0) is 25.0 Å². The number of nitrogens with zero attached hydrogens (tertiary/aromatic N) is 3. The van der Waals surface area contributed by atoms with E-state index in [1.165, 1.54) is 12.1 Å². The van der Waals surface area contributed by atoms with Crippen molar-refractivity contribution in [3.05, 3.63) is 51.3 Å². The van der Waals surface area contributed by atoms with Crippen LogP contribution < -0.4 is 4.90 Å². The molecule has 0 aliphatic carbocycles. The number of aromatic amines is 1. The van der Waals surface area contributed by atoms with E-state index in [4.69, 9.17) is 11.6 Å². The third-order valence-electron chi connectivity index (χ3n) is 3.59. The first-order chi connectivity index (χ1) is 9.66. The molecule has 0 amide bonds. The second kappa shape index (κ2) is 5.13. The SMILES string of the molecule is O=[N+]([O-])c1ccc(N2CCC[C@@H]2c2ccn[nH]2)c(Cl)c1.